The lowest BCUT2D eigenvalue weighted by Crippen LogP contribution is -2.13. The van der Waals surface area contributed by atoms with Gasteiger partial charge >= 0.3 is 5.97 Å². The number of anilines is 1. The molecule has 0 atom stereocenters. The van der Waals surface area contributed by atoms with Crippen molar-refractivity contribution >= 4 is 17.6 Å². The second-order valence-electron chi connectivity index (χ2n) is 7.80. The van der Waals surface area contributed by atoms with Crippen molar-refractivity contribution in [2.24, 2.45) is 7.05 Å². The summed E-state index contributed by atoms with van der Waals surface area (Å²) in [4.78, 5) is 25.1. The van der Waals surface area contributed by atoms with Gasteiger partial charge in [0.05, 0.1) is 30.9 Å². The SMILES string of the molecule is CCCCOC(=O)c1ccc(NC(=O)c2cn(C)nc2-c2ccc3c(c2)OCCCO3)cc1. The number of benzene rings is 2. The Morgan fingerprint density at radius 2 is 1.85 bits per heavy atom. The van der Waals surface area contributed by atoms with Gasteiger partial charge < -0.3 is 19.5 Å². The molecule has 1 amide bonds. The first-order valence-electron chi connectivity index (χ1n) is 11.1. The van der Waals surface area contributed by atoms with Crippen molar-refractivity contribution in [2.75, 3.05) is 25.1 Å². The minimum Gasteiger partial charge on any atom is -0.490 e. The van der Waals surface area contributed by atoms with Crippen molar-refractivity contribution in [1.82, 2.24) is 9.78 Å². The number of hydrogen-bond donors (Lipinski definition) is 1. The third-order valence-corrected chi connectivity index (χ3v) is 5.20. The fraction of sp³-hybridized carbons (Fsp3) is 0.320. The van der Waals surface area contributed by atoms with Crippen LogP contribution in [0.3, 0.4) is 0 Å². The number of aryl methyl sites for hydroxylation is 1. The summed E-state index contributed by atoms with van der Waals surface area (Å²) in [6, 6.07) is 12.2. The Bertz CT molecular complexity index is 1140. The van der Waals surface area contributed by atoms with Gasteiger partial charge in [-0.1, -0.05) is 13.3 Å². The molecular weight excluding hydrogens is 422 g/mol. The van der Waals surface area contributed by atoms with Crippen LogP contribution in [-0.2, 0) is 11.8 Å². The van der Waals surface area contributed by atoms with Crippen LogP contribution in [0.5, 0.6) is 11.5 Å². The molecule has 0 unspecified atom stereocenters. The highest BCUT2D eigenvalue weighted by Crippen LogP contribution is 2.35. The quantitative estimate of drug-likeness (QED) is 0.423. The van der Waals surface area contributed by atoms with Crippen molar-refractivity contribution in [3.8, 4) is 22.8 Å². The van der Waals surface area contributed by atoms with E-state index >= 15 is 0 Å². The number of carbonyl (C=O) groups excluding carboxylic acids is 2. The molecule has 1 aromatic heterocycles. The number of carbonyl (C=O) groups is 2. The lowest BCUT2D eigenvalue weighted by molar-refractivity contribution is 0.0499. The van der Waals surface area contributed by atoms with E-state index in [1.165, 1.54) is 0 Å². The molecule has 0 spiro atoms. The van der Waals surface area contributed by atoms with E-state index in [9.17, 15) is 9.59 Å². The number of unbranched alkanes of at least 4 members (excludes halogenated alkanes) is 1. The van der Waals surface area contributed by atoms with Gasteiger partial charge in [-0.15, -0.1) is 0 Å². The third kappa shape index (κ3) is 5.34. The molecule has 33 heavy (non-hydrogen) atoms. The number of nitrogens with one attached hydrogen (secondary N) is 1. The monoisotopic (exact) mass is 449 g/mol. The van der Waals surface area contributed by atoms with Crippen LogP contribution in [0.25, 0.3) is 11.3 Å². The van der Waals surface area contributed by atoms with E-state index in [4.69, 9.17) is 14.2 Å². The minimum atomic E-state index is -0.370. The summed E-state index contributed by atoms with van der Waals surface area (Å²) >= 11 is 0. The van der Waals surface area contributed by atoms with Gasteiger partial charge in [0.25, 0.3) is 5.91 Å². The summed E-state index contributed by atoms with van der Waals surface area (Å²) in [5.41, 5.74) is 2.74. The van der Waals surface area contributed by atoms with Crippen LogP contribution in [0.1, 0.15) is 46.9 Å². The van der Waals surface area contributed by atoms with Gasteiger partial charge in [0, 0.05) is 30.9 Å². The van der Waals surface area contributed by atoms with Crippen LogP contribution in [0.4, 0.5) is 5.69 Å². The predicted octanol–water partition coefficient (Wildman–Crippen LogP) is 4.46. The first-order valence-corrected chi connectivity index (χ1v) is 11.1. The summed E-state index contributed by atoms with van der Waals surface area (Å²) in [7, 11) is 1.77. The molecule has 2 aromatic carbocycles. The zero-order valence-electron chi connectivity index (χ0n) is 18.8. The number of aromatic nitrogens is 2. The Balaban J connectivity index is 1.50. The van der Waals surface area contributed by atoms with Crippen LogP contribution < -0.4 is 14.8 Å². The normalized spacial score (nSPS) is 12.7. The number of amides is 1. The summed E-state index contributed by atoms with van der Waals surface area (Å²) in [6.07, 6.45) is 4.28. The fourth-order valence-corrected chi connectivity index (χ4v) is 3.46. The molecule has 8 nitrogen and oxygen atoms in total. The Labute approximate surface area is 192 Å². The Morgan fingerprint density at radius 1 is 1.09 bits per heavy atom. The second kappa shape index (κ2) is 10.2. The molecule has 8 heteroatoms. The number of fused-ring (bicyclic) bond motifs is 1. The molecule has 1 N–H and O–H groups in total. The van der Waals surface area contributed by atoms with Crippen molar-refractivity contribution in [2.45, 2.75) is 26.2 Å². The van der Waals surface area contributed by atoms with Crippen molar-refractivity contribution in [3.05, 3.63) is 59.8 Å². The summed E-state index contributed by atoms with van der Waals surface area (Å²) in [5.74, 6) is 0.656. The molecule has 1 aliphatic rings. The average Bonchev–Trinajstić information content (AvgIpc) is 3.06. The van der Waals surface area contributed by atoms with Gasteiger partial charge in [0.2, 0.25) is 0 Å². The molecule has 0 fully saturated rings. The predicted molar refractivity (Wildman–Crippen MR) is 124 cm³/mol. The maximum atomic E-state index is 13.0. The van der Waals surface area contributed by atoms with E-state index in [2.05, 4.69) is 10.4 Å². The lowest BCUT2D eigenvalue weighted by Gasteiger charge is -2.10. The van der Waals surface area contributed by atoms with Gasteiger partial charge in [-0.3, -0.25) is 9.48 Å². The van der Waals surface area contributed by atoms with Gasteiger partial charge in [-0.2, -0.15) is 5.10 Å². The summed E-state index contributed by atoms with van der Waals surface area (Å²) in [6.45, 7) is 3.62. The highest BCUT2D eigenvalue weighted by molar-refractivity contribution is 6.08. The van der Waals surface area contributed by atoms with E-state index in [0.717, 1.165) is 24.8 Å². The summed E-state index contributed by atoms with van der Waals surface area (Å²) < 4.78 is 18.3. The van der Waals surface area contributed by atoms with Crippen LogP contribution >= 0.6 is 0 Å². The zero-order chi connectivity index (χ0) is 23.2. The van der Waals surface area contributed by atoms with E-state index in [-0.39, 0.29) is 11.9 Å². The standard InChI is InChI=1S/C25H27N3O5/c1-3-4-12-33-25(30)17-6-9-19(10-7-17)26-24(29)20-16-28(2)27-23(20)18-8-11-21-22(15-18)32-14-5-13-31-21/h6-11,15-16H,3-5,12-14H2,1-2H3,(H,26,29). The van der Waals surface area contributed by atoms with Crippen molar-refractivity contribution < 1.29 is 23.8 Å². The highest BCUT2D eigenvalue weighted by atomic mass is 16.5. The molecule has 0 radical (unpaired) electrons. The van der Waals surface area contributed by atoms with E-state index < -0.39 is 0 Å². The fourth-order valence-electron chi connectivity index (χ4n) is 3.46. The van der Waals surface area contributed by atoms with E-state index in [1.54, 1.807) is 42.2 Å². The third-order valence-electron chi connectivity index (χ3n) is 5.20. The van der Waals surface area contributed by atoms with E-state index in [0.29, 0.717) is 53.8 Å². The number of nitrogens with zero attached hydrogens (tertiary/aromatic N) is 2. The smallest absolute Gasteiger partial charge is 0.338 e. The number of ether oxygens (including phenoxy) is 3. The van der Waals surface area contributed by atoms with Crippen molar-refractivity contribution in [1.29, 1.82) is 0 Å². The maximum absolute atomic E-state index is 13.0. The largest absolute Gasteiger partial charge is 0.490 e. The molecule has 0 bridgehead atoms. The second-order valence-corrected chi connectivity index (χ2v) is 7.80. The van der Waals surface area contributed by atoms with E-state index in [1.807, 2.05) is 25.1 Å². The number of rotatable bonds is 7. The zero-order valence-corrected chi connectivity index (χ0v) is 18.8. The van der Waals surface area contributed by atoms with Crippen molar-refractivity contribution in [3.63, 3.8) is 0 Å². The first kappa shape index (κ1) is 22.4. The number of esters is 1. The number of hydrogen-bond acceptors (Lipinski definition) is 6. The van der Waals surface area contributed by atoms with Crippen LogP contribution in [0.2, 0.25) is 0 Å². The average molecular weight is 450 g/mol. The molecule has 3 aromatic rings. The molecule has 0 saturated heterocycles. The molecule has 172 valence electrons. The molecule has 2 heterocycles. The first-order chi connectivity index (χ1) is 16.0. The maximum Gasteiger partial charge on any atom is 0.338 e. The Hall–Kier alpha value is -3.81. The topological polar surface area (TPSA) is 91.7 Å². The van der Waals surface area contributed by atoms with Crippen LogP contribution in [0.15, 0.2) is 48.7 Å². The molecule has 1 aliphatic heterocycles. The van der Waals surface area contributed by atoms with Gasteiger partial charge in [-0.25, -0.2) is 4.79 Å². The van der Waals surface area contributed by atoms with Gasteiger partial charge in [-0.05, 0) is 48.9 Å². The Morgan fingerprint density at radius 3 is 2.61 bits per heavy atom. The lowest BCUT2D eigenvalue weighted by atomic mass is 10.1. The molecule has 0 saturated carbocycles. The minimum absolute atomic E-state index is 0.302. The summed E-state index contributed by atoms with van der Waals surface area (Å²) in [5, 5.41) is 7.36. The molecular formula is C25H27N3O5. The van der Waals surface area contributed by atoms with Gasteiger partial charge in [0.1, 0.15) is 5.69 Å². The van der Waals surface area contributed by atoms with Crippen LogP contribution in [0, 0.1) is 0 Å². The molecule has 0 aliphatic carbocycles. The van der Waals surface area contributed by atoms with Gasteiger partial charge in [0.15, 0.2) is 11.5 Å². The Kier molecular flexibility index (Phi) is 6.92. The highest BCUT2D eigenvalue weighted by Gasteiger charge is 2.20. The van der Waals surface area contributed by atoms with Crippen LogP contribution in [-0.4, -0.2) is 41.5 Å². The molecule has 4 rings (SSSR count).